The van der Waals surface area contributed by atoms with E-state index in [9.17, 15) is 18.0 Å². The smallest absolute Gasteiger partial charge is 0.371 e. The number of benzene rings is 1. The molecule has 3 N–H and O–H groups in total. The van der Waals surface area contributed by atoms with Crippen LogP contribution in [-0.2, 0) is 11.3 Å². The molecule has 1 aromatic rings. The van der Waals surface area contributed by atoms with Crippen molar-refractivity contribution in [2.24, 2.45) is 5.73 Å². The number of alkyl halides is 3. The Morgan fingerprint density at radius 1 is 1.37 bits per heavy atom. The highest BCUT2D eigenvalue weighted by atomic mass is 19.4. The quantitative estimate of drug-likeness (QED) is 0.741. The van der Waals surface area contributed by atoms with Gasteiger partial charge >= 0.3 is 6.18 Å². The van der Waals surface area contributed by atoms with E-state index in [4.69, 9.17) is 5.73 Å². The van der Waals surface area contributed by atoms with Crippen molar-refractivity contribution in [2.75, 3.05) is 19.8 Å². The van der Waals surface area contributed by atoms with E-state index in [1.165, 1.54) is 0 Å². The highest BCUT2D eigenvalue weighted by Crippen LogP contribution is 2.13. The monoisotopic (exact) mass is 276 g/mol. The molecular weight excluding hydrogens is 261 g/mol. The number of carbonyl (C=O) groups excluding carboxylic acids is 1. The topological polar surface area (TPSA) is 64.4 Å². The third-order valence-corrected chi connectivity index (χ3v) is 2.23. The molecular formula is C12H15F3N2O2. The zero-order valence-corrected chi connectivity index (χ0v) is 10.2. The van der Waals surface area contributed by atoms with Gasteiger partial charge in [-0.15, -0.1) is 0 Å². The molecule has 7 heteroatoms. The van der Waals surface area contributed by atoms with E-state index in [1.54, 1.807) is 24.3 Å². The van der Waals surface area contributed by atoms with Crippen LogP contribution in [0.1, 0.15) is 15.9 Å². The van der Waals surface area contributed by atoms with Gasteiger partial charge in [-0.25, -0.2) is 0 Å². The van der Waals surface area contributed by atoms with Gasteiger partial charge in [-0.2, -0.15) is 13.2 Å². The van der Waals surface area contributed by atoms with Crippen molar-refractivity contribution in [1.82, 2.24) is 5.32 Å². The van der Waals surface area contributed by atoms with Crippen molar-refractivity contribution in [3.8, 4) is 0 Å². The van der Waals surface area contributed by atoms with E-state index in [2.05, 4.69) is 10.1 Å². The third-order valence-electron chi connectivity index (χ3n) is 2.23. The van der Waals surface area contributed by atoms with E-state index >= 15 is 0 Å². The molecule has 1 aromatic carbocycles. The van der Waals surface area contributed by atoms with E-state index in [0.717, 1.165) is 5.56 Å². The maximum absolute atomic E-state index is 11.8. The number of ether oxygens (including phenoxy) is 1. The van der Waals surface area contributed by atoms with Crippen molar-refractivity contribution < 1.29 is 22.7 Å². The van der Waals surface area contributed by atoms with Crippen LogP contribution >= 0.6 is 0 Å². The van der Waals surface area contributed by atoms with Crippen LogP contribution in [0.4, 0.5) is 13.2 Å². The van der Waals surface area contributed by atoms with Crippen LogP contribution in [0.3, 0.4) is 0 Å². The average Bonchev–Trinajstić information content (AvgIpc) is 2.32. The van der Waals surface area contributed by atoms with Gasteiger partial charge in [-0.05, 0) is 17.7 Å². The molecule has 0 atom stereocenters. The number of hydrogen-bond donors (Lipinski definition) is 2. The van der Waals surface area contributed by atoms with Gasteiger partial charge in [0, 0.05) is 18.7 Å². The Labute approximate surface area is 108 Å². The van der Waals surface area contributed by atoms with Gasteiger partial charge in [0.05, 0.1) is 6.61 Å². The van der Waals surface area contributed by atoms with Gasteiger partial charge in [0.1, 0.15) is 6.61 Å². The number of nitrogens with one attached hydrogen (secondary N) is 1. The maximum atomic E-state index is 11.8. The summed E-state index contributed by atoms with van der Waals surface area (Å²) >= 11 is 0. The van der Waals surface area contributed by atoms with Gasteiger partial charge in [0.2, 0.25) is 5.91 Å². The first kappa shape index (κ1) is 15.5. The van der Waals surface area contributed by atoms with E-state index in [0.29, 0.717) is 12.1 Å². The Bertz CT molecular complexity index is 422. The van der Waals surface area contributed by atoms with Crippen LogP contribution < -0.4 is 11.1 Å². The Morgan fingerprint density at radius 3 is 2.74 bits per heavy atom. The first-order chi connectivity index (χ1) is 8.88. The predicted molar refractivity (Wildman–Crippen MR) is 63.5 cm³/mol. The lowest BCUT2D eigenvalue weighted by atomic mass is 10.1. The summed E-state index contributed by atoms with van der Waals surface area (Å²) in [6, 6.07) is 6.71. The highest BCUT2D eigenvalue weighted by molar-refractivity contribution is 5.92. The summed E-state index contributed by atoms with van der Waals surface area (Å²) in [7, 11) is 0. The van der Waals surface area contributed by atoms with E-state index in [-0.39, 0.29) is 13.2 Å². The maximum Gasteiger partial charge on any atom is 0.411 e. The van der Waals surface area contributed by atoms with E-state index in [1.807, 2.05) is 0 Å². The molecule has 0 saturated carbocycles. The molecule has 0 saturated heterocycles. The fraction of sp³-hybridized carbons (Fsp3) is 0.417. The predicted octanol–water partition coefficient (Wildman–Crippen LogP) is 1.45. The third kappa shape index (κ3) is 6.78. The highest BCUT2D eigenvalue weighted by Gasteiger charge is 2.27. The molecule has 0 bridgehead atoms. The summed E-state index contributed by atoms with van der Waals surface area (Å²) in [4.78, 5) is 10.9. The number of halogens is 3. The first-order valence-corrected chi connectivity index (χ1v) is 5.62. The minimum absolute atomic E-state index is 0.0327. The molecule has 0 heterocycles. The lowest BCUT2D eigenvalue weighted by Crippen LogP contribution is -2.23. The zero-order valence-electron chi connectivity index (χ0n) is 10.2. The van der Waals surface area contributed by atoms with Crippen LogP contribution in [0, 0.1) is 0 Å². The Hall–Kier alpha value is -1.60. The number of nitrogens with two attached hydrogens (primary N) is 1. The minimum atomic E-state index is -4.30. The standard InChI is InChI=1S/C12H15F3N2O2/c13-12(14,15)8-19-5-4-17-7-9-2-1-3-10(6-9)11(16)18/h1-3,6,17H,4-5,7-8H2,(H2,16,18). The number of primary amides is 1. The molecule has 1 amide bonds. The normalized spacial score (nSPS) is 11.5. The summed E-state index contributed by atoms with van der Waals surface area (Å²) in [5.74, 6) is -0.518. The first-order valence-electron chi connectivity index (χ1n) is 5.62. The van der Waals surface area contributed by atoms with E-state index < -0.39 is 18.7 Å². The SMILES string of the molecule is NC(=O)c1cccc(CNCCOCC(F)(F)F)c1. The molecule has 0 unspecified atom stereocenters. The second kappa shape index (κ2) is 7.10. The molecule has 4 nitrogen and oxygen atoms in total. The minimum Gasteiger partial charge on any atom is -0.371 e. The van der Waals surface area contributed by atoms with Crippen LogP contribution in [0.5, 0.6) is 0 Å². The van der Waals surface area contributed by atoms with Crippen LogP contribution in [0.15, 0.2) is 24.3 Å². The van der Waals surface area contributed by atoms with Crippen molar-refractivity contribution in [1.29, 1.82) is 0 Å². The van der Waals surface area contributed by atoms with Crippen LogP contribution in [0.25, 0.3) is 0 Å². The number of carbonyl (C=O) groups is 1. The fourth-order valence-corrected chi connectivity index (χ4v) is 1.40. The zero-order chi connectivity index (χ0) is 14.3. The van der Waals surface area contributed by atoms with Gasteiger partial charge in [0.25, 0.3) is 0 Å². The molecule has 0 spiro atoms. The molecule has 0 aliphatic rings. The lowest BCUT2D eigenvalue weighted by Gasteiger charge is -2.08. The van der Waals surface area contributed by atoms with Crippen molar-refractivity contribution >= 4 is 5.91 Å². The summed E-state index contributed by atoms with van der Waals surface area (Å²) < 4.78 is 39.7. The van der Waals surface area contributed by atoms with Crippen molar-refractivity contribution in [3.63, 3.8) is 0 Å². The molecule has 19 heavy (non-hydrogen) atoms. The van der Waals surface area contributed by atoms with Crippen molar-refractivity contribution in [3.05, 3.63) is 35.4 Å². The number of hydrogen-bond acceptors (Lipinski definition) is 3. The molecule has 106 valence electrons. The molecule has 0 aromatic heterocycles. The molecule has 0 aliphatic carbocycles. The molecule has 0 aliphatic heterocycles. The van der Waals surface area contributed by atoms with Crippen molar-refractivity contribution in [2.45, 2.75) is 12.7 Å². The fourth-order valence-electron chi connectivity index (χ4n) is 1.40. The average molecular weight is 276 g/mol. The van der Waals surface area contributed by atoms with Crippen LogP contribution in [0.2, 0.25) is 0 Å². The second-order valence-corrected chi connectivity index (χ2v) is 3.91. The molecule has 1 rings (SSSR count). The largest absolute Gasteiger partial charge is 0.411 e. The van der Waals surface area contributed by atoms with Gasteiger partial charge < -0.3 is 15.8 Å². The molecule has 0 radical (unpaired) electrons. The Morgan fingerprint density at radius 2 is 2.11 bits per heavy atom. The summed E-state index contributed by atoms with van der Waals surface area (Å²) in [5.41, 5.74) is 6.35. The van der Waals surface area contributed by atoms with Gasteiger partial charge in [-0.3, -0.25) is 4.79 Å². The summed E-state index contributed by atoms with van der Waals surface area (Å²) in [6.45, 7) is -0.561. The summed E-state index contributed by atoms with van der Waals surface area (Å²) in [6.07, 6.45) is -4.30. The Balaban J connectivity index is 2.23. The van der Waals surface area contributed by atoms with Gasteiger partial charge in [-0.1, -0.05) is 12.1 Å². The summed E-state index contributed by atoms with van der Waals surface area (Å²) in [5, 5.41) is 2.91. The Kier molecular flexibility index (Phi) is 5.78. The lowest BCUT2D eigenvalue weighted by molar-refractivity contribution is -0.173. The molecule has 0 fully saturated rings. The number of rotatable bonds is 7. The second-order valence-electron chi connectivity index (χ2n) is 3.91. The van der Waals surface area contributed by atoms with Gasteiger partial charge in [0.15, 0.2) is 0 Å². The van der Waals surface area contributed by atoms with Crippen LogP contribution in [-0.4, -0.2) is 31.8 Å². The number of amides is 1.